The summed E-state index contributed by atoms with van der Waals surface area (Å²) in [6.07, 6.45) is 0. The Kier molecular flexibility index (Phi) is 5.41. The van der Waals surface area contributed by atoms with Gasteiger partial charge in [-0.2, -0.15) is 0 Å². The van der Waals surface area contributed by atoms with Gasteiger partial charge in [-0.1, -0.05) is 23.7 Å². The quantitative estimate of drug-likeness (QED) is 0.765. The third-order valence-electron chi connectivity index (χ3n) is 2.76. The molecule has 0 saturated carbocycles. The van der Waals surface area contributed by atoms with Crippen LogP contribution >= 0.6 is 27.5 Å². The summed E-state index contributed by atoms with van der Waals surface area (Å²) >= 11 is 9.35. The van der Waals surface area contributed by atoms with Gasteiger partial charge in [0.25, 0.3) is 0 Å². The highest BCUT2D eigenvalue weighted by atomic mass is 79.9. The van der Waals surface area contributed by atoms with Gasteiger partial charge < -0.3 is 15.4 Å². The lowest BCUT2D eigenvalue weighted by Gasteiger charge is -2.11. The maximum absolute atomic E-state index is 12.0. The van der Waals surface area contributed by atoms with Gasteiger partial charge in [0.1, 0.15) is 0 Å². The lowest BCUT2D eigenvalue weighted by molar-refractivity contribution is 0.0601. The average molecular weight is 384 g/mol. The minimum Gasteiger partial charge on any atom is -0.465 e. The van der Waals surface area contributed by atoms with E-state index in [1.54, 1.807) is 18.2 Å². The van der Waals surface area contributed by atoms with Crippen molar-refractivity contribution < 1.29 is 14.3 Å². The molecule has 7 heteroatoms. The van der Waals surface area contributed by atoms with Crippen molar-refractivity contribution in [1.29, 1.82) is 0 Å². The standard InChI is InChI=1S/C15H12BrClN2O3/c1-22-14(20)9-6-7-11(17)13(8-9)19-15(21)18-12-5-3-2-4-10(12)16/h2-8H,1H3,(H2,18,19,21). The lowest BCUT2D eigenvalue weighted by Crippen LogP contribution is -2.20. The average Bonchev–Trinajstić information content (AvgIpc) is 2.51. The number of methoxy groups -OCH3 is 1. The zero-order valence-corrected chi connectivity index (χ0v) is 13.9. The van der Waals surface area contributed by atoms with E-state index in [9.17, 15) is 9.59 Å². The fraction of sp³-hybridized carbons (Fsp3) is 0.0667. The highest BCUT2D eigenvalue weighted by molar-refractivity contribution is 9.10. The molecular formula is C15H12BrClN2O3. The third-order valence-corrected chi connectivity index (χ3v) is 3.78. The van der Waals surface area contributed by atoms with Crippen molar-refractivity contribution in [3.05, 3.63) is 57.5 Å². The molecule has 22 heavy (non-hydrogen) atoms. The number of amides is 2. The number of hydrogen-bond acceptors (Lipinski definition) is 3. The fourth-order valence-corrected chi connectivity index (χ4v) is 2.25. The van der Waals surface area contributed by atoms with E-state index in [2.05, 4.69) is 31.3 Å². The Labute approximate surface area is 140 Å². The van der Waals surface area contributed by atoms with Crippen molar-refractivity contribution in [3.8, 4) is 0 Å². The number of esters is 1. The molecule has 0 aliphatic rings. The van der Waals surface area contributed by atoms with E-state index in [0.29, 0.717) is 22.0 Å². The van der Waals surface area contributed by atoms with E-state index in [1.807, 2.05) is 6.07 Å². The summed E-state index contributed by atoms with van der Waals surface area (Å²) < 4.78 is 5.38. The van der Waals surface area contributed by atoms with E-state index >= 15 is 0 Å². The number of rotatable bonds is 3. The minimum atomic E-state index is -0.508. The van der Waals surface area contributed by atoms with E-state index in [0.717, 1.165) is 4.47 Å². The Morgan fingerprint density at radius 1 is 1.09 bits per heavy atom. The molecule has 0 spiro atoms. The second-order valence-corrected chi connectivity index (χ2v) is 5.51. The first-order valence-electron chi connectivity index (χ1n) is 6.21. The number of hydrogen-bond donors (Lipinski definition) is 2. The minimum absolute atomic E-state index is 0.295. The Bertz CT molecular complexity index is 722. The number of para-hydroxylation sites is 1. The van der Waals surface area contributed by atoms with Crippen LogP contribution in [0, 0.1) is 0 Å². The summed E-state index contributed by atoms with van der Waals surface area (Å²) in [5.41, 5.74) is 1.22. The van der Waals surface area contributed by atoms with Crippen LogP contribution in [0.25, 0.3) is 0 Å². The number of ether oxygens (including phenoxy) is 1. The van der Waals surface area contributed by atoms with Crippen LogP contribution in [0.5, 0.6) is 0 Å². The molecule has 0 aliphatic heterocycles. The molecule has 0 bridgehead atoms. The first-order chi connectivity index (χ1) is 10.5. The van der Waals surface area contributed by atoms with Crippen molar-refractivity contribution in [2.24, 2.45) is 0 Å². The van der Waals surface area contributed by atoms with Crippen LogP contribution in [0.1, 0.15) is 10.4 Å². The second kappa shape index (κ2) is 7.29. The number of halogens is 2. The summed E-state index contributed by atoms with van der Waals surface area (Å²) in [5.74, 6) is -0.508. The number of carbonyl (C=O) groups excluding carboxylic acids is 2. The zero-order chi connectivity index (χ0) is 16.1. The Hall–Kier alpha value is -2.05. The molecule has 0 aliphatic carbocycles. The van der Waals surface area contributed by atoms with E-state index in [-0.39, 0.29) is 0 Å². The van der Waals surface area contributed by atoms with Gasteiger partial charge in [0.05, 0.1) is 29.1 Å². The van der Waals surface area contributed by atoms with Crippen LogP contribution in [0.2, 0.25) is 5.02 Å². The number of carbonyl (C=O) groups is 2. The highest BCUT2D eigenvalue weighted by Crippen LogP contribution is 2.25. The molecule has 2 N–H and O–H groups in total. The summed E-state index contributed by atoms with van der Waals surface area (Å²) in [6.45, 7) is 0. The first kappa shape index (κ1) is 16.3. The van der Waals surface area contributed by atoms with Crippen molar-refractivity contribution in [2.45, 2.75) is 0 Å². The number of nitrogens with one attached hydrogen (secondary N) is 2. The van der Waals surface area contributed by atoms with Gasteiger partial charge in [0, 0.05) is 4.47 Å². The van der Waals surface area contributed by atoms with Crippen molar-refractivity contribution in [2.75, 3.05) is 17.7 Å². The molecule has 2 aromatic rings. The Balaban J connectivity index is 2.14. The zero-order valence-electron chi connectivity index (χ0n) is 11.5. The molecular weight excluding hydrogens is 372 g/mol. The van der Waals surface area contributed by atoms with Gasteiger partial charge in [0.2, 0.25) is 0 Å². The van der Waals surface area contributed by atoms with Gasteiger partial charge in [-0.25, -0.2) is 9.59 Å². The maximum Gasteiger partial charge on any atom is 0.337 e. The summed E-state index contributed by atoms with van der Waals surface area (Å²) in [6, 6.07) is 11.2. The van der Waals surface area contributed by atoms with Crippen LogP contribution in [0.15, 0.2) is 46.9 Å². The van der Waals surface area contributed by atoms with Crippen molar-refractivity contribution in [1.82, 2.24) is 0 Å². The largest absolute Gasteiger partial charge is 0.465 e. The number of urea groups is 1. The SMILES string of the molecule is COC(=O)c1ccc(Cl)c(NC(=O)Nc2ccccc2Br)c1. The van der Waals surface area contributed by atoms with Gasteiger partial charge >= 0.3 is 12.0 Å². The third kappa shape index (κ3) is 3.99. The molecule has 5 nitrogen and oxygen atoms in total. The van der Waals surface area contributed by atoms with Crippen molar-refractivity contribution in [3.63, 3.8) is 0 Å². The van der Waals surface area contributed by atoms with Crippen LogP contribution < -0.4 is 10.6 Å². The number of anilines is 2. The Morgan fingerprint density at radius 3 is 2.45 bits per heavy atom. The normalized spacial score (nSPS) is 9.95. The van der Waals surface area contributed by atoms with Gasteiger partial charge in [-0.05, 0) is 46.3 Å². The molecule has 0 atom stereocenters. The van der Waals surface area contributed by atoms with Crippen LogP contribution in [0.4, 0.5) is 16.2 Å². The second-order valence-electron chi connectivity index (χ2n) is 4.25. The van der Waals surface area contributed by atoms with E-state index in [1.165, 1.54) is 25.3 Å². The highest BCUT2D eigenvalue weighted by Gasteiger charge is 2.12. The lowest BCUT2D eigenvalue weighted by atomic mass is 10.2. The Morgan fingerprint density at radius 2 is 1.77 bits per heavy atom. The van der Waals surface area contributed by atoms with Gasteiger partial charge in [-0.15, -0.1) is 0 Å². The molecule has 0 heterocycles. The molecule has 2 rings (SSSR count). The summed E-state index contributed by atoms with van der Waals surface area (Å²) in [4.78, 5) is 23.5. The topological polar surface area (TPSA) is 67.4 Å². The smallest absolute Gasteiger partial charge is 0.337 e. The predicted octanol–water partition coefficient (Wildman–Crippen LogP) is 4.53. The van der Waals surface area contributed by atoms with Crippen molar-refractivity contribution >= 4 is 50.9 Å². The van der Waals surface area contributed by atoms with Gasteiger partial charge in [-0.3, -0.25) is 0 Å². The fourth-order valence-electron chi connectivity index (χ4n) is 1.70. The molecule has 0 aromatic heterocycles. The number of benzene rings is 2. The molecule has 0 radical (unpaired) electrons. The van der Waals surface area contributed by atoms with E-state index < -0.39 is 12.0 Å². The molecule has 0 fully saturated rings. The van der Waals surface area contributed by atoms with Crippen LogP contribution in [-0.2, 0) is 4.74 Å². The predicted molar refractivity (Wildman–Crippen MR) is 89.6 cm³/mol. The first-order valence-corrected chi connectivity index (χ1v) is 7.38. The summed E-state index contributed by atoms with van der Waals surface area (Å²) in [7, 11) is 1.28. The monoisotopic (exact) mass is 382 g/mol. The summed E-state index contributed by atoms with van der Waals surface area (Å²) in [5, 5.41) is 5.59. The molecule has 114 valence electrons. The molecule has 2 amide bonds. The van der Waals surface area contributed by atoms with E-state index in [4.69, 9.17) is 11.6 Å². The molecule has 0 saturated heterocycles. The van der Waals surface area contributed by atoms with Crippen LogP contribution in [0.3, 0.4) is 0 Å². The van der Waals surface area contributed by atoms with Gasteiger partial charge in [0.15, 0.2) is 0 Å². The van der Waals surface area contributed by atoms with Crippen LogP contribution in [-0.4, -0.2) is 19.1 Å². The maximum atomic E-state index is 12.0. The molecule has 2 aromatic carbocycles. The molecule has 0 unspecified atom stereocenters.